The Morgan fingerprint density at radius 1 is 1.28 bits per heavy atom. The summed E-state index contributed by atoms with van der Waals surface area (Å²) in [5.74, 6) is 0.130. The Morgan fingerprint density at radius 3 is 2.88 bits per heavy atom. The second-order valence-corrected chi connectivity index (χ2v) is 6.51. The minimum absolute atomic E-state index is 0.00350. The largest absolute Gasteiger partial charge is 0.494 e. The van der Waals surface area contributed by atoms with Crippen LogP contribution in [0.25, 0.3) is 17.1 Å². The maximum Gasteiger partial charge on any atom is 0.294 e. The van der Waals surface area contributed by atoms with Crippen molar-refractivity contribution in [1.29, 1.82) is 0 Å². The number of hydrogen-bond donors (Lipinski definition) is 2. The van der Waals surface area contributed by atoms with Gasteiger partial charge in [-0.05, 0) is 42.4 Å². The van der Waals surface area contributed by atoms with Crippen molar-refractivity contribution in [2.24, 2.45) is 5.10 Å². The van der Waals surface area contributed by atoms with Crippen LogP contribution in [0.3, 0.4) is 0 Å². The highest BCUT2D eigenvalue weighted by molar-refractivity contribution is 6.02. The van der Waals surface area contributed by atoms with Crippen molar-refractivity contribution in [2.45, 2.75) is 13.8 Å². The Hall–Kier alpha value is -4.61. The Balaban J connectivity index is 1.74. The molecule has 0 aliphatic heterocycles. The van der Waals surface area contributed by atoms with E-state index in [1.165, 1.54) is 4.68 Å². The molecule has 0 radical (unpaired) electrons. The van der Waals surface area contributed by atoms with E-state index in [9.17, 15) is 4.79 Å². The average molecular weight is 433 g/mol. The van der Waals surface area contributed by atoms with Gasteiger partial charge >= 0.3 is 0 Å². The van der Waals surface area contributed by atoms with Crippen molar-refractivity contribution in [1.82, 2.24) is 35.7 Å². The average Bonchev–Trinajstić information content (AvgIpc) is 3.44. The van der Waals surface area contributed by atoms with E-state index in [0.29, 0.717) is 29.3 Å². The number of amides is 1. The Labute approximate surface area is 182 Å². The standard InChI is InChI=1S/C20H19N9O3/c1-3-31-15-8-4-6-13(10-15)17-16(24-28-29(17)19-18(21)26-32-27-19)20(30)25-23-12(2)14-7-5-9-22-11-14/h4-11H,3H2,1-2H3,(H2,21,26)(H,25,30)/b23-12-. The molecule has 12 nitrogen and oxygen atoms in total. The molecular formula is C20H19N9O3. The monoisotopic (exact) mass is 433 g/mol. The SMILES string of the molecule is CCOc1cccc(-c2c(C(=O)N/N=C(/C)c3cccnc3)nnn2-c2nonc2N)c1. The first kappa shape index (κ1) is 20.7. The third kappa shape index (κ3) is 4.14. The predicted molar refractivity (Wildman–Crippen MR) is 114 cm³/mol. The summed E-state index contributed by atoms with van der Waals surface area (Å²) in [6, 6.07) is 10.7. The van der Waals surface area contributed by atoms with Crippen LogP contribution in [-0.2, 0) is 0 Å². The Morgan fingerprint density at radius 2 is 2.16 bits per heavy atom. The lowest BCUT2D eigenvalue weighted by atomic mass is 10.1. The number of carbonyl (C=O) groups is 1. The molecule has 32 heavy (non-hydrogen) atoms. The second kappa shape index (κ2) is 9.04. The van der Waals surface area contributed by atoms with Crippen LogP contribution < -0.4 is 15.9 Å². The molecule has 3 heterocycles. The van der Waals surface area contributed by atoms with Gasteiger partial charge in [-0.3, -0.25) is 9.78 Å². The van der Waals surface area contributed by atoms with Gasteiger partial charge in [0.25, 0.3) is 5.91 Å². The number of aromatic nitrogens is 6. The van der Waals surface area contributed by atoms with Crippen molar-refractivity contribution >= 4 is 17.4 Å². The van der Waals surface area contributed by atoms with E-state index in [0.717, 1.165) is 5.56 Å². The van der Waals surface area contributed by atoms with Gasteiger partial charge in [-0.2, -0.15) is 9.78 Å². The highest BCUT2D eigenvalue weighted by atomic mass is 16.6. The fourth-order valence-electron chi connectivity index (χ4n) is 2.91. The third-order valence-corrected chi connectivity index (χ3v) is 4.40. The van der Waals surface area contributed by atoms with Crippen LogP contribution in [0, 0.1) is 0 Å². The Bertz CT molecular complexity index is 1260. The fourth-order valence-corrected chi connectivity index (χ4v) is 2.91. The van der Waals surface area contributed by atoms with Gasteiger partial charge in [-0.1, -0.05) is 23.4 Å². The molecule has 0 spiro atoms. The smallest absolute Gasteiger partial charge is 0.294 e. The fraction of sp³-hybridized carbons (Fsp3) is 0.150. The van der Waals surface area contributed by atoms with E-state index in [4.69, 9.17) is 10.5 Å². The number of ether oxygens (including phenoxy) is 1. The normalized spacial score (nSPS) is 11.4. The molecule has 0 fully saturated rings. The third-order valence-electron chi connectivity index (χ3n) is 4.40. The lowest BCUT2D eigenvalue weighted by Gasteiger charge is -2.08. The summed E-state index contributed by atoms with van der Waals surface area (Å²) in [7, 11) is 0. The summed E-state index contributed by atoms with van der Waals surface area (Å²) in [5.41, 5.74) is 10.6. The lowest BCUT2D eigenvalue weighted by molar-refractivity contribution is 0.0950. The summed E-state index contributed by atoms with van der Waals surface area (Å²) in [5, 5.41) is 19.6. The molecule has 0 saturated carbocycles. The van der Waals surface area contributed by atoms with Crippen LogP contribution >= 0.6 is 0 Å². The maximum atomic E-state index is 13.0. The van der Waals surface area contributed by atoms with Gasteiger partial charge in [-0.15, -0.1) is 5.10 Å². The number of rotatable bonds is 7. The van der Waals surface area contributed by atoms with Gasteiger partial charge in [-0.25, -0.2) is 10.1 Å². The number of carbonyl (C=O) groups excluding carboxylic acids is 1. The number of nitrogens with one attached hydrogen (secondary N) is 1. The molecule has 0 aliphatic rings. The molecule has 4 aromatic rings. The quantitative estimate of drug-likeness (QED) is 0.327. The number of hydrogen-bond acceptors (Lipinski definition) is 10. The minimum atomic E-state index is -0.577. The molecule has 0 saturated heterocycles. The zero-order valence-corrected chi connectivity index (χ0v) is 17.3. The topological polar surface area (TPSA) is 159 Å². The minimum Gasteiger partial charge on any atom is -0.494 e. The second-order valence-electron chi connectivity index (χ2n) is 6.51. The van der Waals surface area contributed by atoms with E-state index in [2.05, 4.69) is 40.8 Å². The van der Waals surface area contributed by atoms with E-state index in [1.807, 2.05) is 13.0 Å². The van der Waals surface area contributed by atoms with Crippen LogP contribution in [0.1, 0.15) is 29.9 Å². The molecule has 0 unspecified atom stereocenters. The molecular weight excluding hydrogens is 414 g/mol. The molecule has 3 aromatic heterocycles. The zero-order valence-electron chi connectivity index (χ0n) is 17.3. The van der Waals surface area contributed by atoms with Gasteiger partial charge in [0.1, 0.15) is 11.4 Å². The lowest BCUT2D eigenvalue weighted by Crippen LogP contribution is -2.21. The zero-order chi connectivity index (χ0) is 22.5. The van der Waals surface area contributed by atoms with Crippen LogP contribution in [0.4, 0.5) is 5.82 Å². The van der Waals surface area contributed by atoms with Crippen molar-refractivity contribution in [2.75, 3.05) is 12.3 Å². The van der Waals surface area contributed by atoms with E-state index >= 15 is 0 Å². The van der Waals surface area contributed by atoms with E-state index < -0.39 is 5.91 Å². The number of nitrogen functional groups attached to an aromatic ring is 1. The van der Waals surface area contributed by atoms with Crippen molar-refractivity contribution in [3.63, 3.8) is 0 Å². The van der Waals surface area contributed by atoms with E-state index in [-0.39, 0.29) is 17.3 Å². The predicted octanol–water partition coefficient (Wildman–Crippen LogP) is 1.85. The first-order chi connectivity index (χ1) is 15.6. The summed E-state index contributed by atoms with van der Waals surface area (Å²) in [6.45, 7) is 4.11. The van der Waals surface area contributed by atoms with Gasteiger partial charge < -0.3 is 10.5 Å². The van der Waals surface area contributed by atoms with Crippen molar-refractivity contribution < 1.29 is 14.2 Å². The van der Waals surface area contributed by atoms with Crippen molar-refractivity contribution in [3.8, 4) is 22.8 Å². The molecule has 4 rings (SSSR count). The van der Waals surface area contributed by atoms with Crippen LogP contribution in [0.5, 0.6) is 5.75 Å². The molecule has 1 amide bonds. The number of anilines is 1. The first-order valence-corrected chi connectivity index (χ1v) is 9.60. The summed E-state index contributed by atoms with van der Waals surface area (Å²) < 4.78 is 11.5. The summed E-state index contributed by atoms with van der Waals surface area (Å²) in [6.07, 6.45) is 3.30. The molecule has 0 aliphatic carbocycles. The van der Waals surface area contributed by atoms with Crippen LogP contribution in [-0.4, -0.2) is 48.5 Å². The number of nitrogens with two attached hydrogens (primary N) is 1. The number of nitrogens with zero attached hydrogens (tertiary/aromatic N) is 7. The number of benzene rings is 1. The molecule has 0 bridgehead atoms. The summed E-state index contributed by atoms with van der Waals surface area (Å²) in [4.78, 5) is 17.0. The van der Waals surface area contributed by atoms with Gasteiger partial charge in [0, 0.05) is 23.5 Å². The molecule has 3 N–H and O–H groups in total. The van der Waals surface area contributed by atoms with Crippen LogP contribution in [0.2, 0.25) is 0 Å². The molecule has 1 aromatic carbocycles. The summed E-state index contributed by atoms with van der Waals surface area (Å²) >= 11 is 0. The van der Waals surface area contributed by atoms with Gasteiger partial charge in [0.15, 0.2) is 5.69 Å². The molecule has 0 atom stereocenters. The number of hydrazone groups is 1. The first-order valence-electron chi connectivity index (χ1n) is 9.60. The van der Waals surface area contributed by atoms with Crippen LogP contribution in [0.15, 0.2) is 58.5 Å². The number of pyridine rings is 1. The maximum absolute atomic E-state index is 13.0. The van der Waals surface area contributed by atoms with Crippen molar-refractivity contribution in [3.05, 3.63) is 60.0 Å². The van der Waals surface area contributed by atoms with Gasteiger partial charge in [0.05, 0.1) is 12.3 Å². The van der Waals surface area contributed by atoms with E-state index in [1.54, 1.807) is 49.6 Å². The Kier molecular flexibility index (Phi) is 5.83. The molecule has 162 valence electrons. The highest BCUT2D eigenvalue weighted by Crippen LogP contribution is 2.29. The highest BCUT2D eigenvalue weighted by Gasteiger charge is 2.25. The molecule has 12 heteroatoms. The van der Waals surface area contributed by atoms with Gasteiger partial charge in [0.2, 0.25) is 11.6 Å².